The van der Waals surface area contributed by atoms with Crippen molar-refractivity contribution in [2.75, 3.05) is 17.6 Å². The fourth-order valence-corrected chi connectivity index (χ4v) is 4.29. The Labute approximate surface area is 140 Å². The first-order valence-corrected chi connectivity index (χ1v) is 9.18. The maximum absolute atomic E-state index is 11.5. The second-order valence-corrected chi connectivity index (χ2v) is 8.15. The summed E-state index contributed by atoms with van der Waals surface area (Å²) in [5.74, 6) is -0.0274. The van der Waals surface area contributed by atoms with Crippen molar-refractivity contribution in [3.8, 4) is 0 Å². The smallest absolute Gasteiger partial charge is 0.338 e. The molecule has 0 bridgehead atoms. The van der Waals surface area contributed by atoms with Crippen molar-refractivity contribution in [1.29, 1.82) is 0 Å². The second-order valence-electron chi connectivity index (χ2n) is 4.30. The average molecular weight is 386 g/mol. The Bertz CT molecular complexity index is 628. The van der Waals surface area contributed by atoms with Crippen molar-refractivity contribution in [2.24, 2.45) is 0 Å². The largest absolute Gasteiger partial charge is 0.478 e. The van der Waals surface area contributed by atoms with Gasteiger partial charge in [-0.3, -0.25) is 0 Å². The lowest BCUT2D eigenvalue weighted by molar-refractivity contribution is 0.0694. The van der Waals surface area contributed by atoms with Crippen molar-refractivity contribution in [2.45, 2.75) is 18.2 Å². The van der Waals surface area contributed by atoms with E-state index in [0.717, 1.165) is 20.9 Å². The normalized spacial score (nSPS) is 10.6. The van der Waals surface area contributed by atoms with Gasteiger partial charge in [-0.1, -0.05) is 13.0 Å². The number of nitrogens with one attached hydrogen (secondary N) is 1. The molecule has 2 N–H and O–H groups in total. The molecule has 0 aliphatic rings. The highest BCUT2D eigenvalue weighted by Crippen LogP contribution is 2.29. The molecule has 2 rings (SSSR count). The third kappa shape index (κ3) is 4.49. The van der Waals surface area contributed by atoms with Crippen molar-refractivity contribution in [3.63, 3.8) is 0 Å². The standard InChI is InChI=1S/C15H16BrNO2S2/c1-2-20-12-5-3-4-11(14(12)15(18)19)17-9-8-10-6-7-13(16)21-10/h3-7,17H,2,8-9H2,1H3,(H,18,19). The number of carboxylic acids is 1. The number of anilines is 1. The summed E-state index contributed by atoms with van der Waals surface area (Å²) in [6.07, 6.45) is 0.875. The predicted molar refractivity (Wildman–Crippen MR) is 94.0 cm³/mol. The van der Waals surface area contributed by atoms with E-state index < -0.39 is 5.97 Å². The number of aromatic carboxylic acids is 1. The van der Waals surface area contributed by atoms with Crippen molar-refractivity contribution >= 4 is 50.7 Å². The van der Waals surface area contributed by atoms with Crippen LogP contribution in [-0.4, -0.2) is 23.4 Å². The third-order valence-electron chi connectivity index (χ3n) is 2.86. The van der Waals surface area contributed by atoms with E-state index in [2.05, 4.69) is 27.3 Å². The highest BCUT2D eigenvalue weighted by Gasteiger charge is 2.15. The zero-order valence-electron chi connectivity index (χ0n) is 11.6. The molecule has 2 aromatic rings. The van der Waals surface area contributed by atoms with Crippen molar-refractivity contribution in [3.05, 3.63) is 44.6 Å². The topological polar surface area (TPSA) is 49.3 Å². The first kappa shape index (κ1) is 16.4. The van der Waals surface area contributed by atoms with Crippen LogP contribution in [0.4, 0.5) is 5.69 Å². The van der Waals surface area contributed by atoms with Crippen LogP contribution < -0.4 is 5.32 Å². The lowest BCUT2D eigenvalue weighted by Crippen LogP contribution is -2.10. The second kappa shape index (κ2) is 7.87. The SMILES string of the molecule is CCSc1cccc(NCCc2ccc(Br)s2)c1C(=O)O. The Balaban J connectivity index is 2.08. The molecular weight excluding hydrogens is 370 g/mol. The quantitative estimate of drug-likeness (QED) is 0.660. The lowest BCUT2D eigenvalue weighted by Gasteiger charge is -2.12. The highest BCUT2D eigenvalue weighted by molar-refractivity contribution is 9.11. The van der Waals surface area contributed by atoms with Crippen LogP contribution in [0.15, 0.2) is 39.0 Å². The van der Waals surface area contributed by atoms with Gasteiger partial charge in [0.05, 0.1) is 9.35 Å². The minimum atomic E-state index is -0.882. The van der Waals surface area contributed by atoms with E-state index in [4.69, 9.17) is 0 Å². The van der Waals surface area contributed by atoms with Gasteiger partial charge in [0, 0.05) is 22.0 Å². The van der Waals surface area contributed by atoms with Gasteiger partial charge in [-0.15, -0.1) is 23.1 Å². The van der Waals surface area contributed by atoms with E-state index >= 15 is 0 Å². The molecule has 0 saturated heterocycles. The van der Waals surface area contributed by atoms with E-state index in [1.54, 1.807) is 23.1 Å². The van der Waals surface area contributed by atoms with E-state index in [9.17, 15) is 9.90 Å². The van der Waals surface area contributed by atoms with Crippen LogP contribution in [0, 0.1) is 0 Å². The van der Waals surface area contributed by atoms with Gasteiger partial charge in [0.2, 0.25) is 0 Å². The summed E-state index contributed by atoms with van der Waals surface area (Å²) >= 11 is 6.70. The molecule has 1 aromatic carbocycles. The number of hydrogen-bond acceptors (Lipinski definition) is 4. The minimum absolute atomic E-state index is 0.372. The number of thioether (sulfide) groups is 1. The summed E-state index contributed by atoms with van der Waals surface area (Å²) in [6.45, 7) is 2.73. The Hall–Kier alpha value is -0.980. The van der Waals surface area contributed by atoms with Crippen LogP contribution in [0.2, 0.25) is 0 Å². The molecule has 6 heteroatoms. The number of rotatable bonds is 7. The van der Waals surface area contributed by atoms with E-state index in [-0.39, 0.29) is 0 Å². The summed E-state index contributed by atoms with van der Waals surface area (Å²) in [7, 11) is 0. The van der Waals surface area contributed by atoms with Crippen LogP contribution in [-0.2, 0) is 6.42 Å². The molecule has 21 heavy (non-hydrogen) atoms. The highest BCUT2D eigenvalue weighted by atomic mass is 79.9. The Morgan fingerprint density at radius 2 is 2.19 bits per heavy atom. The van der Waals surface area contributed by atoms with Gasteiger partial charge in [0.25, 0.3) is 0 Å². The maximum Gasteiger partial charge on any atom is 0.338 e. The summed E-state index contributed by atoms with van der Waals surface area (Å²) < 4.78 is 1.12. The molecule has 0 amide bonds. The molecule has 0 radical (unpaired) electrons. The summed E-state index contributed by atoms with van der Waals surface area (Å²) in [5, 5.41) is 12.7. The van der Waals surface area contributed by atoms with Gasteiger partial charge >= 0.3 is 5.97 Å². The van der Waals surface area contributed by atoms with Crippen molar-refractivity contribution in [1.82, 2.24) is 0 Å². The van der Waals surface area contributed by atoms with Gasteiger partial charge in [-0.05, 0) is 52.4 Å². The minimum Gasteiger partial charge on any atom is -0.478 e. The van der Waals surface area contributed by atoms with E-state index in [1.807, 2.05) is 31.2 Å². The van der Waals surface area contributed by atoms with Crippen LogP contribution >= 0.6 is 39.0 Å². The summed E-state index contributed by atoms with van der Waals surface area (Å²) in [6, 6.07) is 9.69. The lowest BCUT2D eigenvalue weighted by atomic mass is 10.1. The zero-order valence-corrected chi connectivity index (χ0v) is 14.8. The molecule has 1 aromatic heterocycles. The molecule has 0 atom stereocenters. The van der Waals surface area contributed by atoms with Crippen LogP contribution in [0.25, 0.3) is 0 Å². The van der Waals surface area contributed by atoms with Gasteiger partial charge in [0.1, 0.15) is 0 Å². The molecule has 0 fully saturated rings. The number of carboxylic acid groups (broad SMARTS) is 1. The third-order valence-corrected chi connectivity index (χ3v) is 5.48. The molecule has 1 heterocycles. The molecule has 0 unspecified atom stereocenters. The molecular formula is C15H16BrNO2S2. The Morgan fingerprint density at radius 3 is 2.81 bits per heavy atom. The fraction of sp³-hybridized carbons (Fsp3) is 0.267. The van der Waals surface area contributed by atoms with E-state index in [0.29, 0.717) is 17.8 Å². The molecule has 0 saturated carbocycles. The first-order chi connectivity index (χ1) is 10.1. The van der Waals surface area contributed by atoms with Crippen LogP contribution in [0.5, 0.6) is 0 Å². The number of hydrogen-bond donors (Lipinski definition) is 2. The fourth-order valence-electron chi connectivity index (χ4n) is 1.98. The zero-order chi connectivity index (χ0) is 15.2. The molecule has 0 spiro atoms. The Kier molecular flexibility index (Phi) is 6.14. The molecule has 112 valence electrons. The van der Waals surface area contributed by atoms with Gasteiger partial charge in [-0.2, -0.15) is 0 Å². The molecule has 0 aliphatic carbocycles. The summed E-state index contributed by atoms with van der Waals surface area (Å²) in [4.78, 5) is 13.6. The number of carbonyl (C=O) groups is 1. The van der Waals surface area contributed by atoms with Gasteiger partial charge in [0.15, 0.2) is 0 Å². The molecule has 0 aliphatic heterocycles. The van der Waals surface area contributed by atoms with Gasteiger partial charge < -0.3 is 10.4 Å². The first-order valence-electron chi connectivity index (χ1n) is 6.59. The number of thiophene rings is 1. The predicted octanol–water partition coefficient (Wildman–Crippen LogP) is 4.98. The number of benzene rings is 1. The van der Waals surface area contributed by atoms with E-state index in [1.165, 1.54) is 4.88 Å². The number of halogens is 1. The monoisotopic (exact) mass is 385 g/mol. The molecule has 3 nitrogen and oxygen atoms in total. The Morgan fingerprint density at radius 1 is 1.38 bits per heavy atom. The summed E-state index contributed by atoms with van der Waals surface area (Å²) in [5.41, 5.74) is 1.06. The van der Waals surface area contributed by atoms with Crippen molar-refractivity contribution < 1.29 is 9.90 Å². The maximum atomic E-state index is 11.5. The van der Waals surface area contributed by atoms with Crippen LogP contribution in [0.3, 0.4) is 0 Å². The average Bonchev–Trinajstić information content (AvgIpc) is 2.85. The van der Waals surface area contributed by atoms with Gasteiger partial charge in [-0.25, -0.2) is 4.79 Å². The van der Waals surface area contributed by atoms with Crippen LogP contribution in [0.1, 0.15) is 22.2 Å².